The number of hydrogen-bond acceptors (Lipinski definition) is 6. The molecule has 1 aliphatic carbocycles. The summed E-state index contributed by atoms with van der Waals surface area (Å²) < 4.78 is 7.50. The molecule has 3 aromatic rings. The van der Waals surface area contributed by atoms with Crippen molar-refractivity contribution in [3.05, 3.63) is 72.7 Å². The molecule has 2 N–H and O–H groups in total. The van der Waals surface area contributed by atoms with Crippen LogP contribution in [-0.4, -0.2) is 84.1 Å². The predicted octanol–water partition coefficient (Wildman–Crippen LogP) is 3.98. The van der Waals surface area contributed by atoms with Crippen LogP contribution >= 0.6 is 0 Å². The van der Waals surface area contributed by atoms with E-state index in [-0.39, 0.29) is 24.6 Å². The number of nitrogens with zero attached hydrogens (tertiary/aromatic N) is 4. The van der Waals surface area contributed by atoms with Crippen molar-refractivity contribution in [2.24, 2.45) is 0 Å². The van der Waals surface area contributed by atoms with E-state index in [1.54, 1.807) is 13.4 Å². The molecule has 8 heteroatoms. The van der Waals surface area contributed by atoms with Crippen LogP contribution in [0.5, 0.6) is 0 Å². The summed E-state index contributed by atoms with van der Waals surface area (Å²) >= 11 is 0. The second-order valence-corrected chi connectivity index (χ2v) is 10.9. The van der Waals surface area contributed by atoms with Crippen molar-refractivity contribution in [2.75, 3.05) is 51.8 Å². The van der Waals surface area contributed by atoms with Gasteiger partial charge in [0.15, 0.2) is 5.69 Å². The van der Waals surface area contributed by atoms with Crippen molar-refractivity contribution < 1.29 is 14.6 Å². The fraction of sp³-hybridized carbons (Fsp3) is 0.484. The van der Waals surface area contributed by atoms with Gasteiger partial charge in [-0.15, -0.1) is 0 Å². The fourth-order valence-electron chi connectivity index (χ4n) is 6.23. The number of methoxy groups -OCH3 is 1. The van der Waals surface area contributed by atoms with Crippen LogP contribution in [0.25, 0.3) is 11.3 Å². The van der Waals surface area contributed by atoms with Gasteiger partial charge in [-0.05, 0) is 31.4 Å². The molecule has 0 spiro atoms. The number of carbonyl (C=O) groups excluding carboxylic acids is 1. The average molecular weight is 532 g/mol. The molecule has 1 saturated heterocycles. The number of nitrogens with one attached hydrogen (secondary N) is 1. The maximum Gasteiger partial charge on any atom is 0.275 e. The Morgan fingerprint density at radius 3 is 2.64 bits per heavy atom. The second kappa shape index (κ2) is 12.3. The van der Waals surface area contributed by atoms with E-state index in [2.05, 4.69) is 29.4 Å². The number of imidazole rings is 1. The molecule has 2 fully saturated rings. The number of anilines is 1. The lowest BCUT2D eigenvalue weighted by molar-refractivity contribution is -0.0893. The zero-order chi connectivity index (χ0) is 27.2. The highest BCUT2D eigenvalue weighted by Gasteiger charge is 2.42. The monoisotopic (exact) mass is 531 g/mol. The molecule has 2 aromatic carbocycles. The molecule has 39 heavy (non-hydrogen) atoms. The van der Waals surface area contributed by atoms with Crippen molar-refractivity contribution in [3.63, 3.8) is 0 Å². The Balaban J connectivity index is 1.44. The minimum Gasteiger partial charge on any atom is -0.385 e. The molecule has 3 atom stereocenters. The molecular weight excluding hydrogens is 490 g/mol. The third-order valence-corrected chi connectivity index (χ3v) is 8.34. The topological polar surface area (TPSA) is 82.9 Å². The van der Waals surface area contributed by atoms with Crippen LogP contribution in [0.1, 0.15) is 48.6 Å². The molecule has 1 aromatic heterocycles. The number of aromatic nitrogens is 2. The Hall–Kier alpha value is -3.20. The zero-order valence-electron chi connectivity index (χ0n) is 23.1. The average Bonchev–Trinajstić information content (AvgIpc) is 3.41. The van der Waals surface area contributed by atoms with Crippen LogP contribution < -0.4 is 10.2 Å². The number of para-hydroxylation sites is 1. The first-order valence-corrected chi connectivity index (χ1v) is 14.1. The molecule has 1 saturated carbocycles. The molecule has 0 bridgehead atoms. The zero-order valence-corrected chi connectivity index (χ0v) is 23.1. The van der Waals surface area contributed by atoms with E-state index in [1.165, 1.54) is 5.69 Å². The van der Waals surface area contributed by atoms with Crippen molar-refractivity contribution in [1.82, 2.24) is 19.8 Å². The smallest absolute Gasteiger partial charge is 0.275 e. The van der Waals surface area contributed by atoms with Gasteiger partial charge in [-0.25, -0.2) is 4.98 Å². The summed E-state index contributed by atoms with van der Waals surface area (Å²) in [4.78, 5) is 23.2. The van der Waals surface area contributed by atoms with E-state index in [9.17, 15) is 9.90 Å². The quantitative estimate of drug-likeness (QED) is 0.435. The lowest BCUT2D eigenvalue weighted by atomic mass is 9.80. The first kappa shape index (κ1) is 27.4. The van der Waals surface area contributed by atoms with Gasteiger partial charge in [-0.2, -0.15) is 0 Å². The number of aliphatic hydroxyl groups is 1. The number of rotatable bonds is 9. The van der Waals surface area contributed by atoms with Crippen LogP contribution in [0, 0.1) is 0 Å². The second-order valence-electron chi connectivity index (χ2n) is 10.9. The largest absolute Gasteiger partial charge is 0.385 e. The fourth-order valence-corrected chi connectivity index (χ4v) is 6.23. The summed E-state index contributed by atoms with van der Waals surface area (Å²) in [5.41, 5.74) is 2.33. The molecule has 5 rings (SSSR count). The molecule has 8 nitrogen and oxygen atoms in total. The molecule has 0 radical (unpaired) electrons. The van der Waals surface area contributed by atoms with Gasteiger partial charge in [-0.1, -0.05) is 61.4 Å². The minimum absolute atomic E-state index is 0.0486. The first-order chi connectivity index (χ1) is 19.0. The van der Waals surface area contributed by atoms with Crippen molar-refractivity contribution in [1.29, 1.82) is 0 Å². The molecule has 2 aliphatic rings. The van der Waals surface area contributed by atoms with Crippen LogP contribution in [0.3, 0.4) is 0 Å². The Morgan fingerprint density at radius 2 is 1.90 bits per heavy atom. The molecule has 1 amide bonds. The summed E-state index contributed by atoms with van der Waals surface area (Å²) in [6, 6.07) is 20.2. The highest BCUT2D eigenvalue weighted by Crippen LogP contribution is 2.41. The van der Waals surface area contributed by atoms with Gasteiger partial charge in [0.05, 0.1) is 24.7 Å². The Morgan fingerprint density at radius 1 is 1.15 bits per heavy atom. The van der Waals surface area contributed by atoms with E-state index < -0.39 is 5.60 Å². The molecular formula is C31H41N5O3. The van der Waals surface area contributed by atoms with Crippen LogP contribution in [0.15, 0.2) is 67.0 Å². The van der Waals surface area contributed by atoms with Gasteiger partial charge < -0.3 is 29.5 Å². The van der Waals surface area contributed by atoms with Gasteiger partial charge in [0.1, 0.15) is 5.60 Å². The maximum atomic E-state index is 14.2. The van der Waals surface area contributed by atoms with Crippen LogP contribution in [0.2, 0.25) is 0 Å². The van der Waals surface area contributed by atoms with Gasteiger partial charge >= 0.3 is 0 Å². The van der Waals surface area contributed by atoms with Crippen molar-refractivity contribution in [3.8, 4) is 11.3 Å². The standard InChI is InChI=1S/C31H41N5O3/c1-34(25-13-7-4-8-14-25)19-16-26-21-32-18-20-35(26)30(37)28-29(24-11-5-3-6-12-24)36(23-33-28)27-15-9-10-17-31(27,38)22-39-2/h3-8,11-14,23,26-27,32,38H,9-10,15-22H2,1-2H3/t26-,27-,31-/m1/s1. The number of carbonyl (C=O) groups is 1. The highest BCUT2D eigenvalue weighted by atomic mass is 16.5. The summed E-state index contributed by atoms with van der Waals surface area (Å²) in [7, 11) is 3.72. The number of piperazine rings is 1. The molecule has 208 valence electrons. The van der Waals surface area contributed by atoms with Gasteiger partial charge in [0, 0.05) is 57.6 Å². The SMILES string of the molecule is COC[C@]1(O)CCCC[C@H]1n1cnc(C(=O)N2CCNC[C@H]2CCN(C)c2ccccc2)c1-c1ccccc1. The Kier molecular flexibility index (Phi) is 8.65. The Bertz CT molecular complexity index is 1210. The molecule has 1 aliphatic heterocycles. The van der Waals surface area contributed by atoms with Crippen molar-refractivity contribution in [2.45, 2.75) is 49.8 Å². The summed E-state index contributed by atoms with van der Waals surface area (Å²) in [6.07, 6.45) is 6.05. The van der Waals surface area contributed by atoms with Gasteiger partial charge in [0.25, 0.3) is 5.91 Å². The summed E-state index contributed by atoms with van der Waals surface area (Å²) in [6.45, 7) is 3.24. The summed E-state index contributed by atoms with van der Waals surface area (Å²) in [5, 5.41) is 15.1. The van der Waals surface area contributed by atoms with Crippen LogP contribution in [-0.2, 0) is 4.74 Å². The van der Waals surface area contributed by atoms with E-state index in [1.807, 2.05) is 58.0 Å². The predicted molar refractivity (Wildman–Crippen MR) is 154 cm³/mol. The number of benzene rings is 2. The lowest BCUT2D eigenvalue weighted by Gasteiger charge is -2.41. The van der Waals surface area contributed by atoms with Crippen molar-refractivity contribution >= 4 is 11.6 Å². The van der Waals surface area contributed by atoms with Gasteiger partial charge in [0.2, 0.25) is 0 Å². The van der Waals surface area contributed by atoms with Gasteiger partial charge in [-0.3, -0.25) is 4.79 Å². The third-order valence-electron chi connectivity index (χ3n) is 8.34. The number of hydrogen-bond donors (Lipinski definition) is 2. The van der Waals surface area contributed by atoms with E-state index in [4.69, 9.17) is 9.72 Å². The van der Waals surface area contributed by atoms with E-state index in [0.717, 1.165) is 56.6 Å². The van der Waals surface area contributed by atoms with E-state index in [0.29, 0.717) is 18.7 Å². The Labute approximate surface area is 231 Å². The highest BCUT2D eigenvalue weighted by molar-refractivity contribution is 5.98. The minimum atomic E-state index is -1.00. The van der Waals surface area contributed by atoms with Crippen LogP contribution in [0.4, 0.5) is 5.69 Å². The lowest BCUT2D eigenvalue weighted by Crippen LogP contribution is -2.54. The third kappa shape index (κ3) is 5.88. The summed E-state index contributed by atoms with van der Waals surface area (Å²) in [5.74, 6) is -0.0486. The normalized spacial score (nSPS) is 23.5. The maximum absolute atomic E-state index is 14.2. The molecule has 2 heterocycles. The molecule has 0 unspecified atom stereocenters. The van der Waals surface area contributed by atoms with E-state index >= 15 is 0 Å². The number of amides is 1. The number of ether oxygens (including phenoxy) is 1. The first-order valence-electron chi connectivity index (χ1n) is 14.1.